The lowest BCUT2D eigenvalue weighted by atomic mass is 10.3. The fourth-order valence-electron chi connectivity index (χ4n) is 2.07. The van der Waals surface area contributed by atoms with Gasteiger partial charge in [0.25, 0.3) is 0 Å². The van der Waals surface area contributed by atoms with Gasteiger partial charge in [0.1, 0.15) is 5.75 Å². The molecular weight excluding hydrogens is 252 g/mol. The predicted octanol–water partition coefficient (Wildman–Crippen LogP) is 0.678. The van der Waals surface area contributed by atoms with Crippen molar-refractivity contribution < 1.29 is 13.2 Å². The van der Waals surface area contributed by atoms with Gasteiger partial charge in [-0.3, -0.25) is 0 Å². The van der Waals surface area contributed by atoms with Crippen molar-refractivity contribution in [3.05, 3.63) is 24.3 Å². The lowest BCUT2D eigenvalue weighted by molar-refractivity contribution is 0.407. The molecule has 0 amide bonds. The first-order chi connectivity index (χ1) is 8.51. The Balaban J connectivity index is 2.10. The van der Waals surface area contributed by atoms with E-state index in [0.717, 1.165) is 19.5 Å². The average molecular weight is 270 g/mol. The minimum atomic E-state index is -3.42. The molecule has 0 bridgehead atoms. The molecule has 1 aromatic carbocycles. The van der Waals surface area contributed by atoms with Crippen LogP contribution in [0.1, 0.15) is 6.42 Å². The summed E-state index contributed by atoms with van der Waals surface area (Å²) in [4.78, 5) is 2.39. The highest BCUT2D eigenvalue weighted by atomic mass is 32.2. The molecule has 0 spiro atoms. The first kappa shape index (κ1) is 13.3. The van der Waals surface area contributed by atoms with Gasteiger partial charge in [-0.05, 0) is 44.3 Å². The van der Waals surface area contributed by atoms with Crippen LogP contribution in [0.3, 0.4) is 0 Å². The third-order valence-corrected chi connectivity index (χ3v) is 4.62. The fraction of sp³-hybridized carbons (Fsp3) is 0.500. The van der Waals surface area contributed by atoms with E-state index in [2.05, 4.69) is 9.62 Å². The zero-order valence-corrected chi connectivity index (χ0v) is 11.4. The molecule has 1 aliphatic rings. The molecule has 0 radical (unpaired) electrons. The van der Waals surface area contributed by atoms with Crippen molar-refractivity contribution in [1.29, 1.82) is 0 Å². The Kier molecular flexibility index (Phi) is 3.89. The topological polar surface area (TPSA) is 58.6 Å². The Hall–Kier alpha value is -1.11. The maximum atomic E-state index is 12.1. The number of nitrogens with zero attached hydrogens (tertiary/aromatic N) is 1. The first-order valence-electron chi connectivity index (χ1n) is 5.86. The smallest absolute Gasteiger partial charge is 0.240 e. The monoisotopic (exact) mass is 270 g/mol. The number of rotatable bonds is 4. The van der Waals surface area contributed by atoms with E-state index >= 15 is 0 Å². The van der Waals surface area contributed by atoms with Crippen molar-refractivity contribution in [3.8, 4) is 5.75 Å². The number of hydrogen-bond acceptors (Lipinski definition) is 4. The maximum absolute atomic E-state index is 12.1. The molecule has 18 heavy (non-hydrogen) atoms. The van der Waals surface area contributed by atoms with Crippen molar-refractivity contribution in [2.45, 2.75) is 17.4 Å². The van der Waals surface area contributed by atoms with Crippen LogP contribution in [0, 0.1) is 0 Å². The molecule has 1 atom stereocenters. The summed E-state index contributed by atoms with van der Waals surface area (Å²) < 4.78 is 32.0. The Morgan fingerprint density at radius 1 is 1.33 bits per heavy atom. The second-order valence-corrected chi connectivity index (χ2v) is 6.26. The number of benzene rings is 1. The van der Waals surface area contributed by atoms with Gasteiger partial charge in [-0.1, -0.05) is 0 Å². The molecule has 1 heterocycles. The number of likely N-dealkylation sites (N-methyl/N-ethyl adjacent to an activating group) is 1. The van der Waals surface area contributed by atoms with Gasteiger partial charge >= 0.3 is 0 Å². The van der Waals surface area contributed by atoms with E-state index in [4.69, 9.17) is 4.74 Å². The summed E-state index contributed by atoms with van der Waals surface area (Å²) in [6.07, 6.45) is 0.853. The molecule has 1 saturated heterocycles. The third-order valence-electron chi connectivity index (χ3n) is 3.08. The van der Waals surface area contributed by atoms with Crippen molar-refractivity contribution in [3.63, 3.8) is 0 Å². The first-order valence-corrected chi connectivity index (χ1v) is 7.34. The molecule has 0 saturated carbocycles. The highest BCUT2D eigenvalue weighted by molar-refractivity contribution is 7.89. The van der Waals surface area contributed by atoms with Gasteiger partial charge in [0, 0.05) is 12.6 Å². The van der Waals surface area contributed by atoms with E-state index in [1.165, 1.54) is 0 Å². The zero-order valence-electron chi connectivity index (χ0n) is 10.6. The Morgan fingerprint density at radius 3 is 2.50 bits per heavy atom. The molecule has 100 valence electrons. The third kappa shape index (κ3) is 3.01. The standard InChI is InChI=1S/C12H18N2O3S/c1-14-8-7-10(9-14)13-18(15,16)12-5-3-11(17-2)4-6-12/h3-6,10,13H,7-9H2,1-2H3. The molecule has 2 rings (SSSR count). The van der Waals surface area contributed by atoms with Crippen LogP contribution in [0.15, 0.2) is 29.2 Å². The largest absolute Gasteiger partial charge is 0.497 e. The minimum Gasteiger partial charge on any atom is -0.497 e. The second-order valence-electron chi connectivity index (χ2n) is 4.54. The summed E-state index contributed by atoms with van der Waals surface area (Å²) in [7, 11) is 0.115. The van der Waals surface area contributed by atoms with Crippen LogP contribution in [0.4, 0.5) is 0 Å². The number of methoxy groups -OCH3 is 1. The van der Waals surface area contributed by atoms with Crippen LogP contribution in [0.25, 0.3) is 0 Å². The van der Waals surface area contributed by atoms with E-state index in [9.17, 15) is 8.42 Å². The average Bonchev–Trinajstić information content (AvgIpc) is 2.74. The Labute approximate surface area is 108 Å². The quantitative estimate of drug-likeness (QED) is 0.874. The Morgan fingerprint density at radius 2 is 2.00 bits per heavy atom. The summed E-state index contributed by atoms with van der Waals surface area (Å²) in [5.74, 6) is 0.648. The molecule has 0 aromatic heterocycles. The Bertz CT molecular complexity index is 499. The highest BCUT2D eigenvalue weighted by Crippen LogP contribution is 2.17. The molecule has 5 nitrogen and oxygen atoms in total. The second kappa shape index (κ2) is 5.26. The number of likely N-dealkylation sites (tertiary alicyclic amines) is 1. The van der Waals surface area contributed by atoms with Gasteiger partial charge in [-0.2, -0.15) is 0 Å². The van der Waals surface area contributed by atoms with Gasteiger partial charge < -0.3 is 9.64 Å². The van der Waals surface area contributed by atoms with E-state index in [0.29, 0.717) is 5.75 Å². The zero-order chi connectivity index (χ0) is 13.2. The normalized spacial score (nSPS) is 21.1. The predicted molar refractivity (Wildman–Crippen MR) is 69.2 cm³/mol. The lowest BCUT2D eigenvalue weighted by Crippen LogP contribution is -2.36. The van der Waals surface area contributed by atoms with E-state index in [1.54, 1.807) is 31.4 Å². The van der Waals surface area contributed by atoms with Gasteiger partial charge in [0.2, 0.25) is 10.0 Å². The summed E-state index contributed by atoms with van der Waals surface area (Å²) in [6, 6.07) is 6.41. The van der Waals surface area contributed by atoms with Crippen molar-refractivity contribution >= 4 is 10.0 Å². The molecule has 6 heteroatoms. The minimum absolute atomic E-state index is 0.00195. The van der Waals surface area contributed by atoms with Crippen molar-refractivity contribution in [2.75, 3.05) is 27.2 Å². The van der Waals surface area contributed by atoms with Crippen LogP contribution in [0.5, 0.6) is 5.75 Å². The van der Waals surface area contributed by atoms with Gasteiger partial charge in [0.15, 0.2) is 0 Å². The molecule has 1 aromatic rings. The van der Waals surface area contributed by atoms with Crippen LogP contribution in [-0.4, -0.2) is 46.6 Å². The molecular formula is C12H18N2O3S. The number of nitrogens with one attached hydrogen (secondary N) is 1. The number of sulfonamides is 1. The van der Waals surface area contributed by atoms with Crippen molar-refractivity contribution in [1.82, 2.24) is 9.62 Å². The van der Waals surface area contributed by atoms with Crippen molar-refractivity contribution in [2.24, 2.45) is 0 Å². The lowest BCUT2D eigenvalue weighted by Gasteiger charge is -2.13. The molecule has 1 unspecified atom stereocenters. The SMILES string of the molecule is COc1ccc(S(=O)(=O)NC2CCN(C)C2)cc1. The van der Waals surface area contributed by atoms with Gasteiger partial charge in [0.05, 0.1) is 12.0 Å². The van der Waals surface area contributed by atoms with Gasteiger partial charge in [-0.25, -0.2) is 13.1 Å². The fourth-order valence-corrected chi connectivity index (χ4v) is 3.34. The summed E-state index contributed by atoms with van der Waals surface area (Å²) in [6.45, 7) is 1.69. The number of ether oxygens (including phenoxy) is 1. The maximum Gasteiger partial charge on any atom is 0.240 e. The van der Waals surface area contributed by atoms with Gasteiger partial charge in [-0.15, -0.1) is 0 Å². The summed E-state index contributed by atoms with van der Waals surface area (Å²) in [5.41, 5.74) is 0. The van der Waals surface area contributed by atoms with E-state index in [1.807, 2.05) is 7.05 Å². The molecule has 0 aliphatic carbocycles. The molecule has 1 aliphatic heterocycles. The van der Waals surface area contributed by atoms with Crippen LogP contribution in [-0.2, 0) is 10.0 Å². The van der Waals surface area contributed by atoms with Crippen LogP contribution >= 0.6 is 0 Å². The highest BCUT2D eigenvalue weighted by Gasteiger charge is 2.25. The van der Waals surface area contributed by atoms with Crippen LogP contribution < -0.4 is 9.46 Å². The summed E-state index contributed by atoms with van der Waals surface area (Å²) in [5, 5.41) is 0. The molecule has 1 fully saturated rings. The summed E-state index contributed by atoms with van der Waals surface area (Å²) >= 11 is 0. The molecule has 1 N–H and O–H groups in total. The number of hydrogen-bond donors (Lipinski definition) is 1. The van der Waals surface area contributed by atoms with E-state index < -0.39 is 10.0 Å². The van der Waals surface area contributed by atoms with Crippen LogP contribution in [0.2, 0.25) is 0 Å². The van der Waals surface area contributed by atoms with E-state index in [-0.39, 0.29) is 10.9 Å².